The van der Waals surface area contributed by atoms with Crippen LogP contribution >= 0.6 is 0 Å². The van der Waals surface area contributed by atoms with E-state index in [2.05, 4.69) is 15.6 Å². The summed E-state index contributed by atoms with van der Waals surface area (Å²) in [5.41, 5.74) is 1.98. The molecule has 8 heteroatoms. The van der Waals surface area contributed by atoms with E-state index in [0.29, 0.717) is 22.6 Å². The first-order valence-electron chi connectivity index (χ1n) is 8.26. The molecule has 1 aromatic heterocycles. The SMILES string of the molecule is CCOC(=O)c1cccc(NC(=O)c2nnn(-c3ccc(F)cc3)c2C)c1. The maximum atomic E-state index is 13.1. The van der Waals surface area contributed by atoms with Gasteiger partial charge in [0.05, 0.1) is 23.6 Å². The van der Waals surface area contributed by atoms with Gasteiger partial charge in [0.1, 0.15) is 5.82 Å². The highest BCUT2D eigenvalue weighted by atomic mass is 19.1. The molecule has 0 fully saturated rings. The van der Waals surface area contributed by atoms with Crippen LogP contribution in [0.15, 0.2) is 48.5 Å². The molecule has 0 aliphatic heterocycles. The Bertz CT molecular complexity index is 983. The number of ether oxygens (including phenoxy) is 1. The molecule has 0 radical (unpaired) electrons. The number of halogens is 1. The molecule has 0 atom stereocenters. The highest BCUT2D eigenvalue weighted by Gasteiger charge is 2.18. The third-order valence-electron chi connectivity index (χ3n) is 3.81. The second kappa shape index (κ2) is 7.77. The molecule has 1 amide bonds. The number of nitrogens with zero attached hydrogens (tertiary/aromatic N) is 3. The molecule has 3 aromatic rings. The van der Waals surface area contributed by atoms with Gasteiger partial charge in [-0.15, -0.1) is 5.10 Å². The van der Waals surface area contributed by atoms with Crippen molar-refractivity contribution < 1.29 is 18.7 Å². The number of hydrogen-bond donors (Lipinski definition) is 1. The summed E-state index contributed by atoms with van der Waals surface area (Å²) in [6.07, 6.45) is 0. The first kappa shape index (κ1) is 18.2. The molecule has 0 saturated heterocycles. The zero-order valence-corrected chi connectivity index (χ0v) is 14.8. The van der Waals surface area contributed by atoms with Gasteiger partial charge in [-0.1, -0.05) is 11.3 Å². The van der Waals surface area contributed by atoms with Gasteiger partial charge in [-0.25, -0.2) is 13.9 Å². The Labute approximate surface area is 154 Å². The van der Waals surface area contributed by atoms with Crippen LogP contribution in [0.1, 0.15) is 33.5 Å². The molecule has 0 unspecified atom stereocenters. The van der Waals surface area contributed by atoms with E-state index < -0.39 is 11.9 Å². The van der Waals surface area contributed by atoms with Crippen molar-refractivity contribution in [3.63, 3.8) is 0 Å². The van der Waals surface area contributed by atoms with Crippen LogP contribution in [0.2, 0.25) is 0 Å². The third-order valence-corrected chi connectivity index (χ3v) is 3.81. The van der Waals surface area contributed by atoms with Crippen molar-refractivity contribution in [2.24, 2.45) is 0 Å². The average molecular weight is 368 g/mol. The van der Waals surface area contributed by atoms with E-state index in [9.17, 15) is 14.0 Å². The molecule has 2 aromatic carbocycles. The fourth-order valence-electron chi connectivity index (χ4n) is 2.50. The lowest BCUT2D eigenvalue weighted by Crippen LogP contribution is -2.15. The zero-order chi connectivity index (χ0) is 19.4. The molecule has 27 heavy (non-hydrogen) atoms. The van der Waals surface area contributed by atoms with Crippen molar-refractivity contribution >= 4 is 17.6 Å². The average Bonchev–Trinajstić information content (AvgIpc) is 3.04. The Morgan fingerprint density at radius 3 is 2.63 bits per heavy atom. The van der Waals surface area contributed by atoms with Gasteiger partial charge in [0, 0.05) is 5.69 Å². The van der Waals surface area contributed by atoms with Crippen molar-refractivity contribution in [2.45, 2.75) is 13.8 Å². The van der Waals surface area contributed by atoms with Crippen molar-refractivity contribution in [2.75, 3.05) is 11.9 Å². The molecule has 1 heterocycles. The lowest BCUT2D eigenvalue weighted by molar-refractivity contribution is 0.0526. The number of aromatic nitrogens is 3. The van der Waals surface area contributed by atoms with Gasteiger partial charge in [-0.05, 0) is 56.3 Å². The van der Waals surface area contributed by atoms with Crippen molar-refractivity contribution in [3.8, 4) is 5.69 Å². The number of rotatable bonds is 5. The molecule has 138 valence electrons. The summed E-state index contributed by atoms with van der Waals surface area (Å²) in [7, 11) is 0. The molecule has 1 N–H and O–H groups in total. The first-order chi connectivity index (χ1) is 13.0. The van der Waals surface area contributed by atoms with E-state index in [1.807, 2.05) is 0 Å². The maximum absolute atomic E-state index is 13.1. The monoisotopic (exact) mass is 368 g/mol. The summed E-state index contributed by atoms with van der Waals surface area (Å²) in [5.74, 6) is -1.30. The molecule has 0 saturated carbocycles. The second-order valence-electron chi connectivity index (χ2n) is 5.67. The highest BCUT2D eigenvalue weighted by Crippen LogP contribution is 2.16. The van der Waals surface area contributed by atoms with Crippen LogP contribution in [0.5, 0.6) is 0 Å². The van der Waals surface area contributed by atoms with Crippen molar-refractivity contribution in [1.82, 2.24) is 15.0 Å². The fraction of sp³-hybridized carbons (Fsp3) is 0.158. The molecular formula is C19H17FN4O3. The Balaban J connectivity index is 1.80. The van der Waals surface area contributed by atoms with Gasteiger partial charge < -0.3 is 10.1 Å². The van der Waals surface area contributed by atoms with Gasteiger partial charge in [0.2, 0.25) is 0 Å². The van der Waals surface area contributed by atoms with E-state index in [1.165, 1.54) is 22.9 Å². The Kier molecular flexibility index (Phi) is 5.25. The number of carbonyl (C=O) groups excluding carboxylic acids is 2. The predicted molar refractivity (Wildman–Crippen MR) is 96.4 cm³/mol. The number of benzene rings is 2. The summed E-state index contributed by atoms with van der Waals surface area (Å²) in [6.45, 7) is 3.67. The van der Waals surface area contributed by atoms with Crippen LogP contribution in [-0.4, -0.2) is 33.5 Å². The van der Waals surface area contributed by atoms with E-state index >= 15 is 0 Å². The summed E-state index contributed by atoms with van der Waals surface area (Å²) >= 11 is 0. The lowest BCUT2D eigenvalue weighted by atomic mass is 10.2. The molecule has 3 rings (SSSR count). The van der Waals surface area contributed by atoms with Crippen molar-refractivity contribution in [3.05, 3.63) is 71.3 Å². The standard InChI is InChI=1S/C19H17FN4O3/c1-3-27-19(26)13-5-4-6-15(11-13)21-18(25)17-12(2)24(23-22-17)16-9-7-14(20)8-10-16/h4-11H,3H2,1-2H3,(H,21,25). The summed E-state index contributed by atoms with van der Waals surface area (Å²) in [4.78, 5) is 24.3. The van der Waals surface area contributed by atoms with Crippen LogP contribution in [-0.2, 0) is 4.74 Å². The van der Waals surface area contributed by atoms with E-state index in [1.54, 1.807) is 44.2 Å². The molecule has 0 aliphatic carbocycles. The smallest absolute Gasteiger partial charge is 0.338 e. The minimum Gasteiger partial charge on any atom is -0.462 e. The zero-order valence-electron chi connectivity index (χ0n) is 14.8. The molecular weight excluding hydrogens is 351 g/mol. The normalized spacial score (nSPS) is 10.5. The number of esters is 1. The van der Waals surface area contributed by atoms with Gasteiger partial charge >= 0.3 is 5.97 Å². The molecule has 0 bridgehead atoms. The largest absolute Gasteiger partial charge is 0.462 e. The first-order valence-corrected chi connectivity index (χ1v) is 8.26. The van der Waals surface area contributed by atoms with Crippen LogP contribution in [0.4, 0.5) is 10.1 Å². The van der Waals surface area contributed by atoms with Crippen LogP contribution < -0.4 is 5.32 Å². The topological polar surface area (TPSA) is 86.1 Å². The molecule has 7 nitrogen and oxygen atoms in total. The molecule has 0 aliphatic rings. The lowest BCUT2D eigenvalue weighted by Gasteiger charge is -2.07. The predicted octanol–water partition coefficient (Wildman–Crippen LogP) is 3.14. The van der Waals surface area contributed by atoms with E-state index in [-0.39, 0.29) is 18.1 Å². The van der Waals surface area contributed by atoms with Crippen LogP contribution in [0.3, 0.4) is 0 Å². The quantitative estimate of drug-likeness (QED) is 0.699. The van der Waals surface area contributed by atoms with Gasteiger partial charge in [0.25, 0.3) is 5.91 Å². The van der Waals surface area contributed by atoms with Crippen molar-refractivity contribution in [1.29, 1.82) is 0 Å². The summed E-state index contributed by atoms with van der Waals surface area (Å²) < 4.78 is 19.5. The Morgan fingerprint density at radius 1 is 1.19 bits per heavy atom. The number of carbonyl (C=O) groups is 2. The summed E-state index contributed by atoms with van der Waals surface area (Å²) in [6, 6.07) is 12.1. The third kappa shape index (κ3) is 4.00. The van der Waals surface area contributed by atoms with Gasteiger partial charge in [-0.3, -0.25) is 4.79 Å². The molecule has 0 spiro atoms. The minimum absolute atomic E-state index is 0.126. The Hall–Kier alpha value is -3.55. The van der Waals surface area contributed by atoms with E-state index in [4.69, 9.17) is 4.74 Å². The minimum atomic E-state index is -0.470. The van der Waals surface area contributed by atoms with Crippen LogP contribution in [0, 0.1) is 12.7 Å². The van der Waals surface area contributed by atoms with Crippen LogP contribution in [0.25, 0.3) is 5.69 Å². The second-order valence-corrected chi connectivity index (χ2v) is 5.67. The number of nitrogens with one attached hydrogen (secondary N) is 1. The highest BCUT2D eigenvalue weighted by molar-refractivity contribution is 6.04. The van der Waals surface area contributed by atoms with Gasteiger partial charge in [0.15, 0.2) is 5.69 Å². The Morgan fingerprint density at radius 2 is 1.93 bits per heavy atom. The number of amides is 1. The number of anilines is 1. The number of hydrogen-bond acceptors (Lipinski definition) is 5. The summed E-state index contributed by atoms with van der Waals surface area (Å²) in [5, 5.41) is 10.6. The van der Waals surface area contributed by atoms with E-state index in [0.717, 1.165) is 0 Å². The van der Waals surface area contributed by atoms with Gasteiger partial charge in [-0.2, -0.15) is 0 Å². The maximum Gasteiger partial charge on any atom is 0.338 e. The fourth-order valence-corrected chi connectivity index (χ4v) is 2.50.